The minimum Gasteiger partial charge on any atom is -0.355 e. The number of hydrogen-bond acceptors (Lipinski definition) is 4. The van der Waals surface area contributed by atoms with Gasteiger partial charge in [0.15, 0.2) is 0 Å². The third-order valence-electron chi connectivity index (χ3n) is 3.61. The zero-order valence-electron chi connectivity index (χ0n) is 12.9. The van der Waals surface area contributed by atoms with Gasteiger partial charge in [0.25, 0.3) is 0 Å². The fraction of sp³-hybridized carbons (Fsp3) is 0.176. The molecule has 0 bridgehead atoms. The first-order valence-corrected chi connectivity index (χ1v) is 8.64. The van der Waals surface area contributed by atoms with Gasteiger partial charge in [0.1, 0.15) is 18.0 Å². The molecule has 4 nitrogen and oxygen atoms in total. The summed E-state index contributed by atoms with van der Waals surface area (Å²) in [5, 5.41) is 0.682. The van der Waals surface area contributed by atoms with Gasteiger partial charge in [-0.2, -0.15) is 0 Å². The molecule has 1 heterocycles. The average Bonchev–Trinajstić information content (AvgIpc) is 2.54. The number of benzene rings is 2. The van der Waals surface area contributed by atoms with Crippen molar-refractivity contribution in [2.75, 3.05) is 18.2 Å². The van der Waals surface area contributed by atoms with E-state index in [2.05, 4.69) is 9.97 Å². The third-order valence-corrected chi connectivity index (χ3v) is 4.55. The van der Waals surface area contributed by atoms with Crippen molar-refractivity contribution in [2.24, 2.45) is 0 Å². The topological polar surface area (TPSA) is 46.1 Å². The lowest BCUT2D eigenvalue weighted by molar-refractivity contribution is 0.629. The summed E-state index contributed by atoms with van der Waals surface area (Å²) >= 11 is 0. The van der Waals surface area contributed by atoms with E-state index >= 15 is 0 Å². The second kappa shape index (κ2) is 6.42. The summed E-state index contributed by atoms with van der Waals surface area (Å²) in [7, 11) is 0.918. The van der Waals surface area contributed by atoms with Crippen molar-refractivity contribution >= 4 is 27.5 Å². The highest BCUT2D eigenvalue weighted by Gasteiger charge is 2.10. The molecule has 0 N–H and O–H groups in total. The van der Waals surface area contributed by atoms with Crippen molar-refractivity contribution in [2.45, 2.75) is 11.4 Å². The van der Waals surface area contributed by atoms with E-state index in [0.717, 1.165) is 10.5 Å². The third kappa shape index (κ3) is 3.37. The van der Waals surface area contributed by atoms with Gasteiger partial charge < -0.3 is 4.90 Å². The monoisotopic (exact) mass is 329 g/mol. The molecule has 2 aromatic carbocycles. The molecule has 1 unspecified atom stereocenters. The normalized spacial score (nSPS) is 12.3. The highest BCUT2D eigenvalue weighted by atomic mass is 32.2. The SMILES string of the molecule is CN(Cc1ccc(S(C)=O)cc1)c1ncnc2ccc(F)cc12. The van der Waals surface area contributed by atoms with Crippen molar-refractivity contribution < 1.29 is 8.60 Å². The molecule has 0 spiro atoms. The summed E-state index contributed by atoms with van der Waals surface area (Å²) in [4.78, 5) is 11.2. The van der Waals surface area contributed by atoms with Crippen LogP contribution in [0.15, 0.2) is 53.7 Å². The van der Waals surface area contributed by atoms with E-state index in [1.165, 1.54) is 18.5 Å². The molecule has 0 aliphatic rings. The van der Waals surface area contributed by atoms with Gasteiger partial charge in [0.05, 0.1) is 5.52 Å². The zero-order chi connectivity index (χ0) is 16.4. The van der Waals surface area contributed by atoms with Crippen molar-refractivity contribution in [1.29, 1.82) is 0 Å². The fourth-order valence-corrected chi connectivity index (χ4v) is 2.97. The van der Waals surface area contributed by atoms with E-state index < -0.39 is 10.8 Å². The summed E-state index contributed by atoms with van der Waals surface area (Å²) < 4.78 is 25.0. The number of rotatable bonds is 4. The molecular weight excluding hydrogens is 313 g/mol. The molecule has 3 aromatic rings. The summed E-state index contributed by atoms with van der Waals surface area (Å²) in [6.07, 6.45) is 3.14. The predicted octanol–water partition coefficient (Wildman–Crippen LogP) is 3.14. The number of halogens is 1. The van der Waals surface area contributed by atoms with E-state index in [-0.39, 0.29) is 5.82 Å². The van der Waals surface area contributed by atoms with Crippen LogP contribution in [0.25, 0.3) is 10.9 Å². The van der Waals surface area contributed by atoms with Crippen LogP contribution in [0.4, 0.5) is 10.2 Å². The molecule has 0 radical (unpaired) electrons. The predicted molar refractivity (Wildman–Crippen MR) is 90.4 cm³/mol. The van der Waals surface area contributed by atoms with Gasteiger partial charge >= 0.3 is 0 Å². The van der Waals surface area contributed by atoms with Crippen LogP contribution in [0, 0.1) is 5.82 Å². The lowest BCUT2D eigenvalue weighted by atomic mass is 10.2. The van der Waals surface area contributed by atoms with Crippen LogP contribution in [0.3, 0.4) is 0 Å². The molecule has 0 aliphatic heterocycles. The van der Waals surface area contributed by atoms with E-state index in [9.17, 15) is 8.60 Å². The number of anilines is 1. The molecule has 3 rings (SSSR count). The molecule has 0 aliphatic carbocycles. The second-order valence-corrected chi connectivity index (χ2v) is 6.69. The minimum atomic E-state index is -0.983. The van der Waals surface area contributed by atoms with E-state index in [1.54, 1.807) is 12.3 Å². The maximum atomic E-state index is 13.5. The summed E-state index contributed by atoms with van der Waals surface area (Å²) in [5.74, 6) is 0.370. The highest BCUT2D eigenvalue weighted by molar-refractivity contribution is 7.84. The van der Waals surface area contributed by atoms with Crippen LogP contribution in [-0.4, -0.2) is 27.5 Å². The van der Waals surface area contributed by atoms with Gasteiger partial charge in [-0.25, -0.2) is 14.4 Å². The summed E-state index contributed by atoms with van der Waals surface area (Å²) in [6, 6.07) is 12.1. The minimum absolute atomic E-state index is 0.309. The summed E-state index contributed by atoms with van der Waals surface area (Å²) in [5.41, 5.74) is 1.77. The van der Waals surface area contributed by atoms with Crippen LogP contribution in [-0.2, 0) is 17.3 Å². The molecule has 6 heteroatoms. The van der Waals surface area contributed by atoms with Crippen LogP contribution < -0.4 is 4.90 Å². The molecule has 23 heavy (non-hydrogen) atoms. The zero-order valence-corrected chi connectivity index (χ0v) is 13.7. The highest BCUT2D eigenvalue weighted by Crippen LogP contribution is 2.24. The van der Waals surface area contributed by atoms with Gasteiger partial charge in [0, 0.05) is 40.9 Å². The Bertz CT molecular complexity index is 867. The van der Waals surface area contributed by atoms with Crippen molar-refractivity contribution in [3.05, 3.63) is 60.2 Å². The lowest BCUT2D eigenvalue weighted by Gasteiger charge is -2.19. The number of nitrogens with zero attached hydrogens (tertiary/aromatic N) is 3. The van der Waals surface area contributed by atoms with Crippen LogP contribution >= 0.6 is 0 Å². The second-order valence-electron chi connectivity index (χ2n) is 5.31. The fourth-order valence-electron chi connectivity index (χ4n) is 2.45. The maximum absolute atomic E-state index is 13.5. The molecule has 0 saturated heterocycles. The first-order chi connectivity index (χ1) is 11.0. The number of fused-ring (bicyclic) bond motifs is 1. The van der Waals surface area contributed by atoms with Crippen molar-refractivity contribution in [3.63, 3.8) is 0 Å². The Morgan fingerprint density at radius 3 is 2.57 bits per heavy atom. The molecule has 0 fully saturated rings. The van der Waals surface area contributed by atoms with E-state index in [0.29, 0.717) is 23.3 Å². The smallest absolute Gasteiger partial charge is 0.140 e. The van der Waals surface area contributed by atoms with Crippen molar-refractivity contribution in [3.8, 4) is 0 Å². The lowest BCUT2D eigenvalue weighted by Crippen LogP contribution is -2.18. The van der Waals surface area contributed by atoms with Gasteiger partial charge in [0.2, 0.25) is 0 Å². The quantitative estimate of drug-likeness (QED) is 0.738. The molecule has 118 valence electrons. The van der Waals surface area contributed by atoms with E-state index in [1.807, 2.05) is 36.2 Å². The summed E-state index contributed by atoms with van der Waals surface area (Å²) in [6.45, 7) is 0.610. The Morgan fingerprint density at radius 2 is 1.87 bits per heavy atom. The van der Waals surface area contributed by atoms with Gasteiger partial charge in [-0.3, -0.25) is 4.21 Å². The maximum Gasteiger partial charge on any atom is 0.140 e. The number of hydrogen-bond donors (Lipinski definition) is 0. The average molecular weight is 329 g/mol. The first kappa shape index (κ1) is 15.6. The van der Waals surface area contributed by atoms with Gasteiger partial charge in [-0.05, 0) is 35.9 Å². The Morgan fingerprint density at radius 1 is 1.13 bits per heavy atom. The van der Waals surface area contributed by atoms with Crippen molar-refractivity contribution in [1.82, 2.24) is 9.97 Å². The molecule has 1 atom stereocenters. The Labute approximate surface area is 136 Å². The van der Waals surface area contributed by atoms with Crippen LogP contribution in [0.1, 0.15) is 5.56 Å². The Hall–Kier alpha value is -2.34. The van der Waals surface area contributed by atoms with Gasteiger partial charge in [-0.15, -0.1) is 0 Å². The Balaban J connectivity index is 1.90. The molecular formula is C17H16FN3OS. The Kier molecular flexibility index (Phi) is 4.34. The molecule has 0 amide bonds. The molecule has 1 aromatic heterocycles. The van der Waals surface area contributed by atoms with Crippen LogP contribution in [0.2, 0.25) is 0 Å². The largest absolute Gasteiger partial charge is 0.355 e. The van der Waals surface area contributed by atoms with Gasteiger partial charge in [-0.1, -0.05) is 12.1 Å². The number of aromatic nitrogens is 2. The van der Waals surface area contributed by atoms with E-state index in [4.69, 9.17) is 0 Å². The standard InChI is InChI=1S/C17H16FN3OS/c1-21(10-12-3-6-14(7-4-12)23(2)22)17-15-9-13(18)5-8-16(15)19-11-20-17/h3-9,11H,10H2,1-2H3. The molecule has 0 saturated carbocycles. The van der Waals surface area contributed by atoms with Crippen LogP contribution in [0.5, 0.6) is 0 Å². The first-order valence-electron chi connectivity index (χ1n) is 7.08.